The van der Waals surface area contributed by atoms with Crippen molar-refractivity contribution in [3.63, 3.8) is 0 Å². The van der Waals surface area contributed by atoms with Crippen molar-refractivity contribution in [1.29, 1.82) is 0 Å². The van der Waals surface area contributed by atoms with Gasteiger partial charge in [-0.05, 0) is 31.5 Å². The van der Waals surface area contributed by atoms with E-state index >= 15 is 0 Å². The Bertz CT molecular complexity index is 564. The maximum absolute atomic E-state index is 13.1. The molecule has 0 fully saturated rings. The zero-order valence-corrected chi connectivity index (χ0v) is 10.6. The van der Waals surface area contributed by atoms with Crippen LogP contribution in [-0.2, 0) is 6.42 Å². The summed E-state index contributed by atoms with van der Waals surface area (Å²) in [6, 6.07) is 8.72. The first-order chi connectivity index (χ1) is 9.08. The highest BCUT2D eigenvalue weighted by molar-refractivity contribution is 5.40. The molecule has 0 spiro atoms. The van der Waals surface area contributed by atoms with Crippen LogP contribution in [0.25, 0.3) is 0 Å². The van der Waals surface area contributed by atoms with Gasteiger partial charge in [0.2, 0.25) is 0 Å². The molecule has 0 bridgehead atoms. The second-order valence-electron chi connectivity index (χ2n) is 4.36. The molecule has 2 rings (SSSR count). The predicted octanol–water partition coefficient (Wildman–Crippen LogP) is 3.57. The van der Waals surface area contributed by atoms with E-state index in [1.54, 1.807) is 6.07 Å². The molecular weight excluding hydrogens is 248 g/mol. The molecule has 0 amide bonds. The summed E-state index contributed by atoms with van der Waals surface area (Å²) in [6.07, 6.45) is 0.648. The van der Waals surface area contributed by atoms with Gasteiger partial charge in [-0.15, -0.1) is 0 Å². The summed E-state index contributed by atoms with van der Waals surface area (Å²) in [4.78, 5) is 0. The lowest BCUT2D eigenvalue weighted by molar-refractivity contribution is 0.463. The fourth-order valence-electron chi connectivity index (χ4n) is 1.87. The summed E-state index contributed by atoms with van der Waals surface area (Å²) < 4.78 is 31.8. The van der Waals surface area contributed by atoms with Gasteiger partial charge >= 0.3 is 0 Å². The lowest BCUT2D eigenvalue weighted by atomic mass is 10.1. The standard InChI is InChI=1S/C15H15F2NO/c1-10-2-3-15(11(6-10)4-5-18)19-14-8-12(16)7-13(17)9-14/h2-3,6-9H,4-5,18H2,1H3. The average Bonchev–Trinajstić information content (AvgIpc) is 2.32. The third-order valence-electron chi connectivity index (χ3n) is 2.69. The van der Waals surface area contributed by atoms with Crippen molar-refractivity contribution in [1.82, 2.24) is 0 Å². The SMILES string of the molecule is Cc1ccc(Oc2cc(F)cc(F)c2)c(CCN)c1. The van der Waals surface area contributed by atoms with Crippen molar-refractivity contribution in [2.45, 2.75) is 13.3 Å². The molecule has 0 saturated carbocycles. The molecule has 2 aromatic carbocycles. The molecule has 0 atom stereocenters. The second kappa shape index (κ2) is 5.80. The van der Waals surface area contributed by atoms with Crippen LogP contribution >= 0.6 is 0 Å². The zero-order valence-electron chi connectivity index (χ0n) is 10.6. The first-order valence-electron chi connectivity index (χ1n) is 6.02. The highest BCUT2D eigenvalue weighted by Crippen LogP contribution is 2.27. The van der Waals surface area contributed by atoms with Gasteiger partial charge in [0.15, 0.2) is 0 Å². The highest BCUT2D eigenvalue weighted by atomic mass is 19.1. The quantitative estimate of drug-likeness (QED) is 0.915. The third-order valence-corrected chi connectivity index (χ3v) is 2.69. The number of hydrogen-bond acceptors (Lipinski definition) is 2. The van der Waals surface area contributed by atoms with Gasteiger partial charge in [0.25, 0.3) is 0 Å². The van der Waals surface area contributed by atoms with Gasteiger partial charge in [-0.25, -0.2) is 8.78 Å². The molecular formula is C15H15F2NO. The third kappa shape index (κ3) is 3.51. The van der Waals surface area contributed by atoms with Crippen molar-refractivity contribution in [3.8, 4) is 11.5 Å². The molecule has 2 N–H and O–H groups in total. The molecule has 4 heteroatoms. The molecule has 0 saturated heterocycles. The van der Waals surface area contributed by atoms with Gasteiger partial charge < -0.3 is 10.5 Å². The van der Waals surface area contributed by atoms with Gasteiger partial charge in [0.05, 0.1) is 0 Å². The molecule has 0 aliphatic rings. The first-order valence-corrected chi connectivity index (χ1v) is 6.02. The molecule has 0 radical (unpaired) electrons. The van der Waals surface area contributed by atoms with Crippen molar-refractivity contribution in [2.24, 2.45) is 5.73 Å². The van der Waals surface area contributed by atoms with E-state index in [1.165, 1.54) is 0 Å². The number of halogens is 2. The lowest BCUT2D eigenvalue weighted by Crippen LogP contribution is -2.04. The van der Waals surface area contributed by atoms with Crippen LogP contribution in [0.15, 0.2) is 36.4 Å². The second-order valence-corrected chi connectivity index (χ2v) is 4.36. The molecule has 0 aliphatic carbocycles. The maximum Gasteiger partial charge on any atom is 0.133 e. The molecule has 100 valence electrons. The lowest BCUT2D eigenvalue weighted by Gasteiger charge is -2.11. The molecule has 0 aromatic heterocycles. The van der Waals surface area contributed by atoms with Crippen LogP contribution in [0.3, 0.4) is 0 Å². The molecule has 0 heterocycles. The Morgan fingerprint density at radius 1 is 1.05 bits per heavy atom. The Labute approximate surface area is 110 Å². The molecule has 19 heavy (non-hydrogen) atoms. The predicted molar refractivity (Wildman–Crippen MR) is 70.4 cm³/mol. The zero-order chi connectivity index (χ0) is 13.8. The van der Waals surface area contributed by atoms with E-state index in [0.29, 0.717) is 18.7 Å². The summed E-state index contributed by atoms with van der Waals surface area (Å²) >= 11 is 0. The Morgan fingerprint density at radius 3 is 2.37 bits per heavy atom. The summed E-state index contributed by atoms with van der Waals surface area (Å²) in [5, 5.41) is 0. The Kier molecular flexibility index (Phi) is 4.12. The van der Waals surface area contributed by atoms with Crippen LogP contribution in [0.2, 0.25) is 0 Å². The van der Waals surface area contributed by atoms with Crippen molar-refractivity contribution in [2.75, 3.05) is 6.54 Å². The molecule has 0 unspecified atom stereocenters. The Hall–Kier alpha value is -1.94. The normalized spacial score (nSPS) is 10.5. The number of ether oxygens (including phenoxy) is 1. The van der Waals surface area contributed by atoms with Gasteiger partial charge in [0.1, 0.15) is 23.1 Å². The van der Waals surface area contributed by atoms with Gasteiger partial charge in [-0.1, -0.05) is 17.7 Å². The fourth-order valence-corrected chi connectivity index (χ4v) is 1.87. The van der Waals surface area contributed by atoms with E-state index in [9.17, 15) is 8.78 Å². The van der Waals surface area contributed by atoms with Gasteiger partial charge in [-0.2, -0.15) is 0 Å². The Morgan fingerprint density at radius 2 is 1.74 bits per heavy atom. The van der Waals surface area contributed by atoms with Crippen LogP contribution in [-0.4, -0.2) is 6.54 Å². The topological polar surface area (TPSA) is 35.2 Å². The number of benzene rings is 2. The molecule has 0 aliphatic heterocycles. The molecule has 2 aromatic rings. The van der Waals surface area contributed by atoms with E-state index < -0.39 is 11.6 Å². The number of rotatable bonds is 4. The van der Waals surface area contributed by atoms with Crippen LogP contribution in [0.1, 0.15) is 11.1 Å². The number of hydrogen-bond donors (Lipinski definition) is 1. The van der Waals surface area contributed by atoms with E-state index in [2.05, 4.69) is 0 Å². The minimum absolute atomic E-state index is 0.139. The monoisotopic (exact) mass is 263 g/mol. The first kappa shape index (κ1) is 13.5. The van der Waals surface area contributed by atoms with E-state index in [1.807, 2.05) is 19.1 Å². The summed E-state index contributed by atoms with van der Waals surface area (Å²) in [6.45, 7) is 2.45. The minimum atomic E-state index is -0.664. The summed E-state index contributed by atoms with van der Waals surface area (Å²) in [7, 11) is 0. The molecule has 2 nitrogen and oxygen atoms in total. The Balaban J connectivity index is 2.31. The van der Waals surface area contributed by atoms with Crippen LogP contribution in [0.4, 0.5) is 8.78 Å². The van der Waals surface area contributed by atoms with Crippen molar-refractivity contribution in [3.05, 3.63) is 59.2 Å². The minimum Gasteiger partial charge on any atom is -0.457 e. The van der Waals surface area contributed by atoms with Gasteiger partial charge in [-0.3, -0.25) is 0 Å². The number of nitrogens with two attached hydrogens (primary N) is 1. The maximum atomic E-state index is 13.1. The van der Waals surface area contributed by atoms with E-state index in [-0.39, 0.29) is 5.75 Å². The van der Waals surface area contributed by atoms with Crippen molar-refractivity contribution < 1.29 is 13.5 Å². The summed E-state index contributed by atoms with van der Waals surface area (Å²) in [5.74, 6) is -0.620. The highest BCUT2D eigenvalue weighted by Gasteiger charge is 2.07. The van der Waals surface area contributed by atoms with E-state index in [0.717, 1.165) is 29.3 Å². The van der Waals surface area contributed by atoms with Crippen molar-refractivity contribution >= 4 is 0 Å². The summed E-state index contributed by atoms with van der Waals surface area (Å²) in [5.41, 5.74) is 7.55. The van der Waals surface area contributed by atoms with Gasteiger partial charge in [0, 0.05) is 18.2 Å². The smallest absolute Gasteiger partial charge is 0.133 e. The largest absolute Gasteiger partial charge is 0.457 e. The van der Waals surface area contributed by atoms with E-state index in [4.69, 9.17) is 10.5 Å². The number of aryl methyl sites for hydroxylation is 1. The fraction of sp³-hybridized carbons (Fsp3) is 0.200. The van der Waals surface area contributed by atoms with Crippen LogP contribution < -0.4 is 10.5 Å². The van der Waals surface area contributed by atoms with Crippen LogP contribution in [0, 0.1) is 18.6 Å². The average molecular weight is 263 g/mol. The van der Waals surface area contributed by atoms with Crippen LogP contribution in [0.5, 0.6) is 11.5 Å².